The van der Waals surface area contributed by atoms with Crippen LogP contribution < -0.4 is 5.32 Å². The maximum atomic E-state index is 12.8. The van der Waals surface area contributed by atoms with E-state index in [1.165, 1.54) is 0 Å². The largest absolute Gasteiger partial charge is 0.394 e. The highest BCUT2D eigenvalue weighted by molar-refractivity contribution is 5.94. The Kier molecular flexibility index (Phi) is 5.50. The minimum Gasteiger partial charge on any atom is -0.394 e. The third-order valence-corrected chi connectivity index (χ3v) is 4.83. The van der Waals surface area contributed by atoms with E-state index in [1.54, 1.807) is 4.68 Å². The van der Waals surface area contributed by atoms with E-state index in [4.69, 9.17) is 0 Å². The van der Waals surface area contributed by atoms with Crippen molar-refractivity contribution in [3.63, 3.8) is 0 Å². The molecule has 25 heavy (non-hydrogen) atoms. The number of aromatic nitrogens is 2. The molecule has 0 saturated carbocycles. The van der Waals surface area contributed by atoms with Crippen molar-refractivity contribution in [3.05, 3.63) is 52.8 Å². The SMILES string of the molecule is CCN1CCc2c(c(C(=O)NC(C)c3ccccc3)nn2CCO)C1. The zero-order valence-electron chi connectivity index (χ0n) is 14.9. The van der Waals surface area contributed by atoms with Crippen LogP contribution in [0, 0.1) is 0 Å². The Morgan fingerprint density at radius 1 is 1.36 bits per heavy atom. The van der Waals surface area contributed by atoms with E-state index in [0.717, 1.165) is 42.9 Å². The monoisotopic (exact) mass is 342 g/mol. The first-order valence-corrected chi connectivity index (χ1v) is 8.91. The zero-order chi connectivity index (χ0) is 17.8. The lowest BCUT2D eigenvalue weighted by atomic mass is 10.0. The van der Waals surface area contributed by atoms with E-state index in [2.05, 4.69) is 22.2 Å². The number of aliphatic hydroxyl groups is 1. The highest BCUT2D eigenvalue weighted by atomic mass is 16.3. The molecule has 2 N–H and O–H groups in total. The second-order valence-electron chi connectivity index (χ2n) is 6.45. The highest BCUT2D eigenvalue weighted by Crippen LogP contribution is 2.23. The van der Waals surface area contributed by atoms with Crippen molar-refractivity contribution < 1.29 is 9.90 Å². The van der Waals surface area contributed by atoms with E-state index in [0.29, 0.717) is 12.2 Å². The van der Waals surface area contributed by atoms with E-state index in [-0.39, 0.29) is 18.6 Å². The number of amides is 1. The van der Waals surface area contributed by atoms with Gasteiger partial charge in [0.05, 0.1) is 19.2 Å². The van der Waals surface area contributed by atoms with Crippen LogP contribution in [0.25, 0.3) is 0 Å². The van der Waals surface area contributed by atoms with Gasteiger partial charge in [-0.05, 0) is 19.0 Å². The summed E-state index contributed by atoms with van der Waals surface area (Å²) >= 11 is 0. The zero-order valence-corrected chi connectivity index (χ0v) is 14.9. The van der Waals surface area contributed by atoms with Crippen molar-refractivity contribution in [2.24, 2.45) is 0 Å². The topological polar surface area (TPSA) is 70.4 Å². The molecule has 2 aromatic rings. The lowest BCUT2D eigenvalue weighted by Gasteiger charge is -2.26. The van der Waals surface area contributed by atoms with Crippen LogP contribution >= 0.6 is 0 Å². The molecule has 0 radical (unpaired) electrons. The van der Waals surface area contributed by atoms with Crippen LogP contribution in [0.3, 0.4) is 0 Å². The molecule has 2 heterocycles. The molecule has 6 nitrogen and oxygen atoms in total. The Morgan fingerprint density at radius 3 is 2.80 bits per heavy atom. The number of carbonyl (C=O) groups excluding carboxylic acids is 1. The van der Waals surface area contributed by atoms with Crippen LogP contribution in [0.2, 0.25) is 0 Å². The van der Waals surface area contributed by atoms with Crippen molar-refractivity contribution in [2.45, 2.75) is 39.4 Å². The minimum absolute atomic E-state index is 0.0209. The number of benzene rings is 1. The minimum atomic E-state index is -0.151. The molecule has 0 bridgehead atoms. The Labute approximate surface area is 148 Å². The second kappa shape index (κ2) is 7.80. The average molecular weight is 342 g/mol. The van der Waals surface area contributed by atoms with Gasteiger partial charge in [0.15, 0.2) is 5.69 Å². The summed E-state index contributed by atoms with van der Waals surface area (Å²) in [6.45, 7) is 7.19. The van der Waals surface area contributed by atoms with Gasteiger partial charge in [-0.2, -0.15) is 5.10 Å². The normalized spacial score (nSPS) is 15.6. The Balaban J connectivity index is 1.84. The van der Waals surface area contributed by atoms with Gasteiger partial charge in [-0.1, -0.05) is 37.3 Å². The number of nitrogens with one attached hydrogen (secondary N) is 1. The number of aliphatic hydroxyl groups excluding tert-OH is 1. The van der Waals surface area contributed by atoms with Gasteiger partial charge in [-0.15, -0.1) is 0 Å². The fourth-order valence-corrected chi connectivity index (χ4v) is 3.37. The summed E-state index contributed by atoms with van der Waals surface area (Å²) in [5.41, 5.74) is 3.63. The smallest absolute Gasteiger partial charge is 0.272 e. The fraction of sp³-hybridized carbons (Fsp3) is 0.474. The molecular weight excluding hydrogens is 316 g/mol. The van der Waals surface area contributed by atoms with Gasteiger partial charge in [0, 0.05) is 30.8 Å². The molecule has 134 valence electrons. The summed E-state index contributed by atoms with van der Waals surface area (Å²) in [6.07, 6.45) is 0.859. The molecule has 0 fully saturated rings. The van der Waals surface area contributed by atoms with Gasteiger partial charge in [0.2, 0.25) is 0 Å². The predicted molar refractivity (Wildman–Crippen MR) is 96.3 cm³/mol. The van der Waals surface area contributed by atoms with Crippen LogP contribution in [0.5, 0.6) is 0 Å². The quantitative estimate of drug-likeness (QED) is 0.839. The van der Waals surface area contributed by atoms with Crippen LogP contribution in [0.4, 0.5) is 0 Å². The maximum Gasteiger partial charge on any atom is 0.272 e. The number of likely N-dealkylation sites (N-methyl/N-ethyl adjacent to an activating group) is 1. The van der Waals surface area contributed by atoms with Gasteiger partial charge < -0.3 is 10.4 Å². The second-order valence-corrected chi connectivity index (χ2v) is 6.45. The molecule has 0 saturated heterocycles. The molecule has 1 aliphatic heterocycles. The Morgan fingerprint density at radius 2 is 2.12 bits per heavy atom. The van der Waals surface area contributed by atoms with Crippen LogP contribution in [0.1, 0.15) is 47.2 Å². The van der Waals surface area contributed by atoms with E-state index in [1.807, 2.05) is 37.3 Å². The van der Waals surface area contributed by atoms with E-state index in [9.17, 15) is 9.90 Å². The Hall–Kier alpha value is -2.18. The maximum absolute atomic E-state index is 12.8. The number of fused-ring (bicyclic) bond motifs is 1. The average Bonchev–Trinajstić information content (AvgIpc) is 3.00. The molecule has 0 spiro atoms. The van der Waals surface area contributed by atoms with Gasteiger partial charge in [0.25, 0.3) is 5.91 Å². The summed E-state index contributed by atoms with van der Waals surface area (Å²) in [4.78, 5) is 15.2. The number of carbonyl (C=O) groups is 1. The Bertz CT molecular complexity index is 727. The van der Waals surface area contributed by atoms with Crippen molar-refractivity contribution in [1.29, 1.82) is 0 Å². The fourth-order valence-electron chi connectivity index (χ4n) is 3.37. The van der Waals surface area contributed by atoms with Crippen molar-refractivity contribution >= 4 is 5.91 Å². The summed E-state index contributed by atoms with van der Waals surface area (Å²) in [5, 5.41) is 16.9. The summed E-state index contributed by atoms with van der Waals surface area (Å²) in [6, 6.07) is 9.82. The van der Waals surface area contributed by atoms with Crippen molar-refractivity contribution in [3.8, 4) is 0 Å². The predicted octanol–water partition coefficient (Wildman–Crippen LogP) is 1.74. The molecule has 1 aromatic carbocycles. The molecule has 0 aliphatic carbocycles. The molecule has 1 aliphatic rings. The molecular formula is C19H26N4O2. The van der Waals surface area contributed by atoms with Crippen molar-refractivity contribution in [1.82, 2.24) is 20.0 Å². The lowest BCUT2D eigenvalue weighted by Crippen LogP contribution is -2.33. The van der Waals surface area contributed by atoms with E-state index < -0.39 is 0 Å². The van der Waals surface area contributed by atoms with Crippen LogP contribution in [0.15, 0.2) is 30.3 Å². The standard InChI is InChI=1S/C19H26N4O2/c1-3-22-10-9-17-16(13-22)18(21-23(17)11-12-24)19(25)20-14(2)15-7-5-4-6-8-15/h4-8,14,24H,3,9-13H2,1-2H3,(H,20,25). The first-order chi connectivity index (χ1) is 12.1. The molecule has 6 heteroatoms. The summed E-state index contributed by atoms with van der Waals surface area (Å²) in [5.74, 6) is -0.151. The highest BCUT2D eigenvalue weighted by Gasteiger charge is 2.28. The number of hydrogen-bond donors (Lipinski definition) is 2. The number of rotatable bonds is 6. The van der Waals surface area contributed by atoms with Gasteiger partial charge in [-0.25, -0.2) is 0 Å². The van der Waals surface area contributed by atoms with Crippen molar-refractivity contribution in [2.75, 3.05) is 19.7 Å². The summed E-state index contributed by atoms with van der Waals surface area (Å²) in [7, 11) is 0. The number of nitrogens with zero attached hydrogens (tertiary/aromatic N) is 3. The molecule has 3 rings (SSSR count). The third-order valence-electron chi connectivity index (χ3n) is 4.83. The van der Waals surface area contributed by atoms with Gasteiger partial charge in [-0.3, -0.25) is 14.4 Å². The van der Waals surface area contributed by atoms with E-state index >= 15 is 0 Å². The molecule has 1 aromatic heterocycles. The molecule has 1 atom stereocenters. The lowest BCUT2D eigenvalue weighted by molar-refractivity contribution is 0.0931. The van der Waals surface area contributed by atoms with Gasteiger partial charge >= 0.3 is 0 Å². The van der Waals surface area contributed by atoms with Crippen LogP contribution in [-0.2, 0) is 19.5 Å². The number of hydrogen-bond acceptors (Lipinski definition) is 4. The van der Waals surface area contributed by atoms with Crippen LogP contribution in [-0.4, -0.2) is 45.4 Å². The van der Waals surface area contributed by atoms with Gasteiger partial charge in [0.1, 0.15) is 0 Å². The first kappa shape index (κ1) is 17.6. The first-order valence-electron chi connectivity index (χ1n) is 8.91. The molecule has 1 unspecified atom stereocenters. The third kappa shape index (κ3) is 3.75. The summed E-state index contributed by atoms with van der Waals surface area (Å²) < 4.78 is 1.80. The molecule has 1 amide bonds.